The Balaban J connectivity index is 2.18. The number of nitrogens with two attached hydrogens (primary N) is 1. The maximum absolute atomic E-state index is 13.2. The molecule has 0 aliphatic heterocycles. The molecule has 0 radical (unpaired) electrons. The Kier molecular flexibility index (Phi) is 6.57. The van der Waals surface area contributed by atoms with Crippen LogP contribution in [0.5, 0.6) is 0 Å². The first kappa shape index (κ1) is 21.6. The number of carbonyl (C=O) groups excluding carboxylic acids is 3. The van der Waals surface area contributed by atoms with Gasteiger partial charge in [0.15, 0.2) is 5.78 Å². The van der Waals surface area contributed by atoms with E-state index in [2.05, 4.69) is 15.0 Å². The summed E-state index contributed by atoms with van der Waals surface area (Å²) in [6, 6.07) is 1.52. The lowest BCUT2D eigenvalue weighted by atomic mass is 9.88. The molecule has 10 heteroatoms. The van der Waals surface area contributed by atoms with Crippen molar-refractivity contribution in [2.24, 2.45) is 5.73 Å². The molecule has 0 saturated carbocycles. The largest absolute Gasteiger partial charge is 0.467 e. The molecule has 0 aliphatic rings. The standard InChI is InChI=1S/C18H19F2N3O4S/c1-9(22-15(24)6-11-4-12(19)7-13(20)5-11)16(25)18(21,17(26)27-3)14-8-28-10(2)23-14/h4-5,7-9H,6,21H2,1-3H3,(H,22,24)/t9-,18?/m0/s1. The summed E-state index contributed by atoms with van der Waals surface area (Å²) >= 11 is 1.20. The smallest absolute Gasteiger partial charge is 0.340 e. The van der Waals surface area contributed by atoms with Crippen molar-refractivity contribution >= 4 is 29.0 Å². The number of Topliss-reactive ketones (excluding diaryl/α,β-unsaturated/α-hetero) is 1. The van der Waals surface area contributed by atoms with E-state index in [0.29, 0.717) is 11.1 Å². The summed E-state index contributed by atoms with van der Waals surface area (Å²) in [6.45, 7) is 3.02. The number of thiazole rings is 1. The van der Waals surface area contributed by atoms with Crippen molar-refractivity contribution in [2.45, 2.75) is 31.8 Å². The van der Waals surface area contributed by atoms with E-state index in [4.69, 9.17) is 5.73 Å². The molecule has 2 atom stereocenters. The fraction of sp³-hybridized carbons (Fsp3) is 0.333. The predicted molar refractivity (Wildman–Crippen MR) is 97.4 cm³/mol. The molecule has 7 nitrogen and oxygen atoms in total. The monoisotopic (exact) mass is 411 g/mol. The molecule has 28 heavy (non-hydrogen) atoms. The molecule has 2 aromatic rings. The SMILES string of the molecule is COC(=O)C(N)(C(=O)[C@H](C)NC(=O)Cc1cc(F)cc(F)c1)c1csc(C)n1. The van der Waals surface area contributed by atoms with E-state index in [1.165, 1.54) is 23.6 Å². The lowest BCUT2D eigenvalue weighted by Gasteiger charge is -2.26. The summed E-state index contributed by atoms with van der Waals surface area (Å²) in [7, 11) is 1.08. The van der Waals surface area contributed by atoms with Crippen LogP contribution in [0.25, 0.3) is 0 Å². The first-order chi connectivity index (χ1) is 13.1. The van der Waals surface area contributed by atoms with Gasteiger partial charge in [0.2, 0.25) is 11.4 Å². The number of nitrogens with zero attached hydrogens (tertiary/aromatic N) is 1. The Hall–Kier alpha value is -2.72. The van der Waals surface area contributed by atoms with Gasteiger partial charge in [-0.15, -0.1) is 11.3 Å². The maximum atomic E-state index is 13.2. The van der Waals surface area contributed by atoms with Crippen LogP contribution < -0.4 is 11.1 Å². The summed E-state index contributed by atoms with van der Waals surface area (Å²) in [5.74, 6) is -4.16. The molecular formula is C18H19F2N3O4S. The predicted octanol–water partition coefficient (Wildman–Crippen LogP) is 1.37. The minimum absolute atomic E-state index is 0.0140. The highest BCUT2D eigenvalue weighted by Crippen LogP contribution is 2.24. The molecule has 0 fully saturated rings. The number of ketones is 1. The van der Waals surface area contributed by atoms with Gasteiger partial charge in [-0.2, -0.15) is 0 Å². The first-order valence-electron chi connectivity index (χ1n) is 8.16. The second-order valence-electron chi connectivity index (χ2n) is 6.16. The minimum Gasteiger partial charge on any atom is -0.467 e. The van der Waals surface area contributed by atoms with Gasteiger partial charge in [-0.05, 0) is 31.5 Å². The Labute approximate surface area is 163 Å². The average molecular weight is 411 g/mol. The molecule has 3 N–H and O–H groups in total. The summed E-state index contributed by atoms with van der Waals surface area (Å²) in [6.07, 6.45) is -0.363. The van der Waals surface area contributed by atoms with Gasteiger partial charge >= 0.3 is 5.97 Å². The van der Waals surface area contributed by atoms with Crippen LogP contribution >= 0.6 is 11.3 Å². The lowest BCUT2D eigenvalue weighted by Crippen LogP contribution is -2.59. The van der Waals surface area contributed by atoms with Crippen molar-refractivity contribution in [3.05, 3.63) is 51.5 Å². The number of carbonyl (C=O) groups is 3. The van der Waals surface area contributed by atoms with Gasteiger partial charge in [-0.1, -0.05) is 0 Å². The Morgan fingerprint density at radius 2 is 1.89 bits per heavy atom. The topological polar surface area (TPSA) is 111 Å². The Morgan fingerprint density at radius 3 is 2.39 bits per heavy atom. The third kappa shape index (κ3) is 4.57. The molecule has 0 saturated heterocycles. The molecular weight excluding hydrogens is 392 g/mol. The van der Waals surface area contributed by atoms with E-state index >= 15 is 0 Å². The zero-order valence-electron chi connectivity index (χ0n) is 15.4. The van der Waals surface area contributed by atoms with Crippen LogP contribution in [0.4, 0.5) is 8.78 Å². The third-order valence-electron chi connectivity index (χ3n) is 3.98. The normalized spacial score (nSPS) is 14.1. The number of rotatable bonds is 7. The van der Waals surface area contributed by atoms with Crippen molar-refractivity contribution in [1.82, 2.24) is 10.3 Å². The van der Waals surface area contributed by atoms with Crippen LogP contribution in [0.1, 0.15) is 23.2 Å². The number of esters is 1. The molecule has 0 aliphatic carbocycles. The Bertz CT molecular complexity index is 898. The van der Waals surface area contributed by atoms with E-state index in [1.807, 2.05) is 0 Å². The summed E-state index contributed by atoms with van der Waals surface area (Å²) in [4.78, 5) is 41.4. The van der Waals surface area contributed by atoms with Crippen LogP contribution in [0.2, 0.25) is 0 Å². The van der Waals surface area contributed by atoms with E-state index in [-0.39, 0.29) is 17.7 Å². The van der Waals surface area contributed by atoms with Crippen molar-refractivity contribution in [3.63, 3.8) is 0 Å². The van der Waals surface area contributed by atoms with Gasteiger partial charge in [0.25, 0.3) is 0 Å². The van der Waals surface area contributed by atoms with Crippen LogP contribution in [-0.2, 0) is 31.1 Å². The number of ether oxygens (including phenoxy) is 1. The molecule has 2 rings (SSSR count). The number of methoxy groups -OCH3 is 1. The number of benzene rings is 1. The number of aryl methyl sites for hydroxylation is 1. The van der Waals surface area contributed by atoms with Gasteiger partial charge in [0, 0.05) is 11.4 Å². The quantitative estimate of drug-likeness (QED) is 0.526. The fourth-order valence-electron chi connectivity index (χ4n) is 2.63. The second kappa shape index (κ2) is 8.53. The molecule has 0 bridgehead atoms. The molecule has 1 heterocycles. The summed E-state index contributed by atoms with van der Waals surface area (Å²) in [5, 5.41) is 4.44. The summed E-state index contributed by atoms with van der Waals surface area (Å²) < 4.78 is 31.1. The number of halogens is 2. The Morgan fingerprint density at radius 1 is 1.29 bits per heavy atom. The van der Waals surface area contributed by atoms with Crippen molar-refractivity contribution in [3.8, 4) is 0 Å². The van der Waals surface area contributed by atoms with Crippen molar-refractivity contribution in [2.75, 3.05) is 7.11 Å². The average Bonchev–Trinajstić information content (AvgIpc) is 3.05. The third-order valence-corrected chi connectivity index (χ3v) is 4.75. The number of amides is 1. The molecule has 150 valence electrons. The highest BCUT2D eigenvalue weighted by molar-refractivity contribution is 7.09. The van der Waals surface area contributed by atoms with Gasteiger partial charge < -0.3 is 15.8 Å². The van der Waals surface area contributed by atoms with Crippen LogP contribution in [0, 0.1) is 18.6 Å². The maximum Gasteiger partial charge on any atom is 0.340 e. The van der Waals surface area contributed by atoms with Crippen LogP contribution in [0.15, 0.2) is 23.6 Å². The van der Waals surface area contributed by atoms with E-state index in [1.54, 1.807) is 6.92 Å². The number of hydrogen-bond donors (Lipinski definition) is 2. The van der Waals surface area contributed by atoms with Crippen LogP contribution in [0.3, 0.4) is 0 Å². The number of aromatic nitrogens is 1. The minimum atomic E-state index is -2.20. The van der Waals surface area contributed by atoms with E-state index in [0.717, 1.165) is 19.2 Å². The first-order valence-corrected chi connectivity index (χ1v) is 9.04. The van der Waals surface area contributed by atoms with Gasteiger partial charge in [-0.3, -0.25) is 9.59 Å². The molecule has 1 unspecified atom stereocenters. The zero-order chi connectivity index (χ0) is 21.1. The second-order valence-corrected chi connectivity index (χ2v) is 7.22. The van der Waals surface area contributed by atoms with Crippen molar-refractivity contribution < 1.29 is 27.9 Å². The molecule has 1 aromatic heterocycles. The highest BCUT2D eigenvalue weighted by atomic mass is 32.1. The molecule has 0 spiro atoms. The lowest BCUT2D eigenvalue weighted by molar-refractivity contribution is -0.153. The van der Waals surface area contributed by atoms with Gasteiger partial charge in [0.1, 0.15) is 11.6 Å². The molecule has 1 aromatic carbocycles. The van der Waals surface area contributed by atoms with E-state index < -0.39 is 40.9 Å². The number of hydrogen-bond acceptors (Lipinski definition) is 7. The van der Waals surface area contributed by atoms with Crippen molar-refractivity contribution in [1.29, 1.82) is 0 Å². The summed E-state index contributed by atoms with van der Waals surface area (Å²) in [5.41, 5.74) is 3.98. The van der Waals surface area contributed by atoms with Crippen LogP contribution in [-0.4, -0.2) is 35.8 Å². The van der Waals surface area contributed by atoms with E-state index in [9.17, 15) is 23.2 Å². The number of nitrogens with one attached hydrogen (secondary N) is 1. The fourth-order valence-corrected chi connectivity index (χ4v) is 3.31. The van der Waals surface area contributed by atoms with Gasteiger partial charge in [-0.25, -0.2) is 18.6 Å². The highest BCUT2D eigenvalue weighted by Gasteiger charge is 2.49. The zero-order valence-corrected chi connectivity index (χ0v) is 16.2. The van der Waals surface area contributed by atoms with Gasteiger partial charge in [0.05, 0.1) is 30.3 Å². The molecule has 1 amide bonds.